The van der Waals surface area contributed by atoms with Crippen LogP contribution in [0.3, 0.4) is 0 Å². The van der Waals surface area contributed by atoms with Crippen molar-refractivity contribution in [3.05, 3.63) is 33.3 Å². The van der Waals surface area contributed by atoms with E-state index in [1.165, 1.54) is 0 Å². The maximum Gasteiger partial charge on any atom is 0.310 e. The minimum absolute atomic E-state index is 0.00400. The molecule has 1 aromatic carbocycles. The van der Waals surface area contributed by atoms with Gasteiger partial charge in [0.1, 0.15) is 10.7 Å². The second kappa shape index (κ2) is 6.59. The zero-order valence-electron chi connectivity index (χ0n) is 11.0. The van der Waals surface area contributed by atoms with Crippen LogP contribution in [0.25, 0.3) is 0 Å². The molecule has 1 unspecified atom stereocenters. The van der Waals surface area contributed by atoms with Gasteiger partial charge in [0.05, 0.1) is 4.92 Å². The number of nitrogens with zero attached hydrogens (tertiary/aromatic N) is 2. The number of para-hydroxylation sites is 1. The Hall–Kier alpha value is -1.29. The molecule has 1 aromatic rings. The van der Waals surface area contributed by atoms with Crippen molar-refractivity contribution in [2.45, 2.75) is 27.2 Å². The third kappa shape index (κ3) is 3.35. The van der Waals surface area contributed by atoms with Gasteiger partial charge in [-0.15, -0.1) is 0 Å². The first kappa shape index (κ1) is 14.8. The van der Waals surface area contributed by atoms with E-state index in [4.69, 9.17) is 11.6 Å². The van der Waals surface area contributed by atoms with Crippen molar-refractivity contribution in [3.8, 4) is 0 Å². The number of halogens is 1. The maximum absolute atomic E-state index is 11.1. The van der Waals surface area contributed by atoms with Crippen LogP contribution >= 0.6 is 11.6 Å². The van der Waals surface area contributed by atoms with Gasteiger partial charge < -0.3 is 4.90 Å². The zero-order chi connectivity index (χ0) is 13.7. The minimum Gasteiger partial charge on any atom is -0.366 e. The fraction of sp³-hybridized carbons (Fsp3) is 0.538. The number of anilines is 1. The third-order valence-electron chi connectivity index (χ3n) is 3.10. The maximum atomic E-state index is 11.1. The molecule has 0 aromatic heterocycles. The number of rotatable bonds is 6. The summed E-state index contributed by atoms with van der Waals surface area (Å²) < 4.78 is 0. The second-order valence-corrected chi connectivity index (χ2v) is 4.82. The van der Waals surface area contributed by atoms with Crippen LogP contribution in [0.15, 0.2) is 18.2 Å². The fourth-order valence-electron chi connectivity index (χ4n) is 1.84. The molecule has 0 bridgehead atoms. The average molecular weight is 271 g/mol. The van der Waals surface area contributed by atoms with E-state index in [9.17, 15) is 10.1 Å². The van der Waals surface area contributed by atoms with E-state index in [2.05, 4.69) is 13.8 Å². The van der Waals surface area contributed by atoms with E-state index >= 15 is 0 Å². The summed E-state index contributed by atoms with van der Waals surface area (Å²) in [6.45, 7) is 7.77. The predicted octanol–water partition coefficient (Wildman–Crippen LogP) is 4.12. The number of nitro groups is 1. The summed E-state index contributed by atoms with van der Waals surface area (Å²) in [7, 11) is 0. The molecular formula is C13H19ClN2O2. The van der Waals surface area contributed by atoms with Crippen LogP contribution < -0.4 is 4.90 Å². The molecule has 0 aliphatic rings. The third-order valence-corrected chi connectivity index (χ3v) is 3.40. The Balaban J connectivity index is 3.13. The van der Waals surface area contributed by atoms with Gasteiger partial charge in [-0.1, -0.05) is 37.9 Å². The Labute approximate surface area is 113 Å². The van der Waals surface area contributed by atoms with E-state index in [0.717, 1.165) is 19.5 Å². The van der Waals surface area contributed by atoms with Gasteiger partial charge in [0.25, 0.3) is 0 Å². The number of nitro benzene ring substituents is 1. The largest absolute Gasteiger partial charge is 0.366 e. The summed E-state index contributed by atoms with van der Waals surface area (Å²) in [5.41, 5.74) is 0.611. The topological polar surface area (TPSA) is 46.4 Å². The van der Waals surface area contributed by atoms with Crippen molar-refractivity contribution >= 4 is 23.0 Å². The monoisotopic (exact) mass is 270 g/mol. The highest BCUT2D eigenvalue weighted by atomic mass is 35.5. The van der Waals surface area contributed by atoms with Crippen molar-refractivity contribution in [1.82, 2.24) is 0 Å². The number of hydrogen-bond acceptors (Lipinski definition) is 3. The van der Waals surface area contributed by atoms with Gasteiger partial charge in [0, 0.05) is 13.1 Å². The van der Waals surface area contributed by atoms with E-state index < -0.39 is 4.92 Å². The molecule has 0 amide bonds. The lowest BCUT2D eigenvalue weighted by molar-refractivity contribution is -0.384. The molecule has 0 radical (unpaired) electrons. The van der Waals surface area contributed by atoms with Crippen LogP contribution in [0.5, 0.6) is 0 Å². The Bertz CT molecular complexity index is 423. The molecule has 18 heavy (non-hydrogen) atoms. The standard InChI is InChI=1S/C13H19ClN2O2/c1-4-10(3)9-15(5-2)12-8-6-7-11(14)13(12)16(17)18/h6-8,10H,4-5,9H2,1-3H3. The number of benzene rings is 1. The Morgan fingerprint density at radius 1 is 1.44 bits per heavy atom. The van der Waals surface area contributed by atoms with Crippen molar-refractivity contribution < 1.29 is 4.92 Å². The fourth-order valence-corrected chi connectivity index (χ4v) is 2.08. The molecule has 5 heteroatoms. The van der Waals surface area contributed by atoms with E-state index in [1.54, 1.807) is 18.2 Å². The molecule has 100 valence electrons. The minimum atomic E-state index is -0.406. The smallest absolute Gasteiger partial charge is 0.310 e. The summed E-state index contributed by atoms with van der Waals surface area (Å²) in [6.07, 6.45) is 1.05. The number of hydrogen-bond donors (Lipinski definition) is 0. The first-order chi connectivity index (χ1) is 8.51. The van der Waals surface area contributed by atoms with Gasteiger partial charge in [-0.2, -0.15) is 0 Å². The molecule has 4 nitrogen and oxygen atoms in total. The van der Waals surface area contributed by atoms with Gasteiger partial charge in [-0.25, -0.2) is 0 Å². The van der Waals surface area contributed by atoms with Crippen LogP contribution in [-0.4, -0.2) is 18.0 Å². The van der Waals surface area contributed by atoms with Gasteiger partial charge in [0.2, 0.25) is 0 Å². The molecule has 0 fully saturated rings. The van der Waals surface area contributed by atoms with Gasteiger partial charge in [-0.05, 0) is 25.0 Å². The van der Waals surface area contributed by atoms with Crippen LogP contribution in [0.4, 0.5) is 11.4 Å². The van der Waals surface area contributed by atoms with Gasteiger partial charge in [-0.3, -0.25) is 10.1 Å². The van der Waals surface area contributed by atoms with Crippen molar-refractivity contribution in [3.63, 3.8) is 0 Å². The average Bonchev–Trinajstić information content (AvgIpc) is 2.34. The van der Waals surface area contributed by atoms with E-state index in [1.807, 2.05) is 11.8 Å². The quantitative estimate of drug-likeness (QED) is 0.577. The Morgan fingerprint density at radius 3 is 2.61 bits per heavy atom. The normalized spacial score (nSPS) is 12.2. The summed E-state index contributed by atoms with van der Waals surface area (Å²) >= 11 is 5.93. The van der Waals surface area contributed by atoms with Crippen LogP contribution in [0.2, 0.25) is 5.02 Å². The molecule has 1 rings (SSSR count). The summed E-state index contributed by atoms with van der Waals surface area (Å²) in [6, 6.07) is 5.07. The first-order valence-corrected chi connectivity index (χ1v) is 6.56. The van der Waals surface area contributed by atoms with Crippen LogP contribution in [0.1, 0.15) is 27.2 Å². The Kier molecular flexibility index (Phi) is 5.41. The molecule has 0 spiro atoms. The highest BCUT2D eigenvalue weighted by Crippen LogP contribution is 2.35. The van der Waals surface area contributed by atoms with Crippen molar-refractivity contribution in [2.24, 2.45) is 5.92 Å². The van der Waals surface area contributed by atoms with Crippen molar-refractivity contribution in [2.75, 3.05) is 18.0 Å². The molecule has 0 saturated carbocycles. The predicted molar refractivity (Wildman–Crippen MR) is 75.4 cm³/mol. The molecule has 0 N–H and O–H groups in total. The van der Waals surface area contributed by atoms with Crippen LogP contribution in [0, 0.1) is 16.0 Å². The molecular weight excluding hydrogens is 252 g/mol. The lowest BCUT2D eigenvalue weighted by Gasteiger charge is -2.26. The van der Waals surface area contributed by atoms with Gasteiger partial charge >= 0.3 is 5.69 Å². The lowest BCUT2D eigenvalue weighted by atomic mass is 10.1. The van der Waals surface area contributed by atoms with Crippen LogP contribution in [-0.2, 0) is 0 Å². The molecule has 1 atom stereocenters. The molecule has 0 heterocycles. The summed E-state index contributed by atoms with van der Waals surface area (Å²) in [5.74, 6) is 0.489. The SMILES string of the molecule is CCC(C)CN(CC)c1cccc(Cl)c1[N+](=O)[O-]. The Morgan fingerprint density at radius 2 is 2.11 bits per heavy atom. The highest BCUT2D eigenvalue weighted by molar-refractivity contribution is 6.33. The summed E-state index contributed by atoms with van der Waals surface area (Å²) in [5, 5.41) is 11.3. The molecule has 0 aliphatic heterocycles. The van der Waals surface area contributed by atoms with Crippen molar-refractivity contribution in [1.29, 1.82) is 0 Å². The lowest BCUT2D eigenvalue weighted by Crippen LogP contribution is -2.28. The van der Waals surface area contributed by atoms with Gasteiger partial charge in [0.15, 0.2) is 0 Å². The first-order valence-electron chi connectivity index (χ1n) is 6.19. The zero-order valence-corrected chi connectivity index (χ0v) is 11.8. The van der Waals surface area contributed by atoms with E-state index in [0.29, 0.717) is 11.6 Å². The highest BCUT2D eigenvalue weighted by Gasteiger charge is 2.22. The molecule has 0 aliphatic carbocycles. The molecule has 0 saturated heterocycles. The second-order valence-electron chi connectivity index (χ2n) is 4.42. The van der Waals surface area contributed by atoms with E-state index in [-0.39, 0.29) is 10.7 Å². The summed E-state index contributed by atoms with van der Waals surface area (Å²) in [4.78, 5) is 12.7.